The van der Waals surface area contributed by atoms with E-state index < -0.39 is 0 Å². The number of hydrogen-bond donors (Lipinski definition) is 1. The second-order valence-electron chi connectivity index (χ2n) is 5.52. The monoisotopic (exact) mass is 343 g/mol. The minimum atomic E-state index is 0. The van der Waals surface area contributed by atoms with Crippen molar-refractivity contribution in [3.63, 3.8) is 0 Å². The predicted octanol–water partition coefficient (Wildman–Crippen LogP) is 3.57. The van der Waals surface area contributed by atoms with Crippen LogP contribution in [0.5, 0.6) is 5.75 Å². The van der Waals surface area contributed by atoms with Crippen LogP contribution in [0, 0.1) is 0 Å². The molecular weight excluding hydrogens is 326 g/mol. The molecule has 5 nitrogen and oxygen atoms in total. The number of rotatable bonds is 4. The normalized spacial score (nSPS) is 16.6. The number of halogens is 1. The van der Waals surface area contributed by atoms with Crippen molar-refractivity contribution < 1.29 is 9.26 Å². The van der Waals surface area contributed by atoms with Gasteiger partial charge < -0.3 is 14.6 Å². The molecule has 0 saturated carbocycles. The van der Waals surface area contributed by atoms with Gasteiger partial charge in [-0.1, -0.05) is 47.6 Å². The second-order valence-corrected chi connectivity index (χ2v) is 5.52. The van der Waals surface area contributed by atoms with Gasteiger partial charge in [0.2, 0.25) is 5.82 Å². The molecule has 6 heteroatoms. The first-order valence-electron chi connectivity index (χ1n) is 7.76. The van der Waals surface area contributed by atoms with Crippen LogP contribution in [-0.2, 0) is 0 Å². The van der Waals surface area contributed by atoms with Crippen molar-refractivity contribution >= 4 is 12.4 Å². The number of aromatic nitrogens is 2. The molecule has 2 heterocycles. The molecule has 2 aromatic carbocycles. The van der Waals surface area contributed by atoms with E-state index in [0.717, 1.165) is 36.4 Å². The molecule has 0 amide bonds. The highest BCUT2D eigenvalue weighted by molar-refractivity contribution is 5.85. The maximum Gasteiger partial charge on any atom is 0.262 e. The fourth-order valence-corrected chi connectivity index (χ4v) is 2.69. The quantitative estimate of drug-likeness (QED) is 0.784. The highest BCUT2D eigenvalue weighted by Crippen LogP contribution is 2.31. The standard InChI is InChI=1S/C18H17N3O2.ClH/c1-2-6-13(7-3-1)17-20-18(23-21-17)15-8-4-5-9-16(15)22-14-10-11-19-12-14;/h1-9,14,19H,10-12H2;1H. The maximum absolute atomic E-state index is 6.09. The average Bonchev–Trinajstić information content (AvgIpc) is 3.28. The van der Waals surface area contributed by atoms with Crippen molar-refractivity contribution in [2.75, 3.05) is 13.1 Å². The Labute approximate surface area is 146 Å². The lowest BCUT2D eigenvalue weighted by atomic mass is 10.2. The zero-order valence-electron chi connectivity index (χ0n) is 13.0. The number of benzene rings is 2. The smallest absolute Gasteiger partial charge is 0.262 e. The first-order chi connectivity index (χ1) is 11.4. The van der Waals surface area contributed by atoms with Crippen LogP contribution in [0.3, 0.4) is 0 Å². The van der Waals surface area contributed by atoms with E-state index in [-0.39, 0.29) is 18.5 Å². The first-order valence-corrected chi connectivity index (χ1v) is 7.76. The van der Waals surface area contributed by atoms with Crippen LogP contribution in [-0.4, -0.2) is 29.3 Å². The van der Waals surface area contributed by atoms with Gasteiger partial charge in [-0.3, -0.25) is 0 Å². The molecule has 1 aliphatic rings. The van der Waals surface area contributed by atoms with E-state index in [0.29, 0.717) is 11.7 Å². The third-order valence-electron chi connectivity index (χ3n) is 3.88. The lowest BCUT2D eigenvalue weighted by Gasteiger charge is -2.14. The van der Waals surface area contributed by atoms with Gasteiger partial charge in [-0.15, -0.1) is 12.4 Å². The van der Waals surface area contributed by atoms with Crippen LogP contribution in [0.4, 0.5) is 0 Å². The Morgan fingerprint density at radius 1 is 1.04 bits per heavy atom. The molecule has 3 aromatic rings. The van der Waals surface area contributed by atoms with Crippen LogP contribution < -0.4 is 10.1 Å². The summed E-state index contributed by atoms with van der Waals surface area (Å²) in [5.41, 5.74) is 1.76. The summed E-state index contributed by atoms with van der Waals surface area (Å²) in [5, 5.41) is 7.38. The van der Waals surface area contributed by atoms with E-state index >= 15 is 0 Å². The molecule has 0 aliphatic carbocycles. The van der Waals surface area contributed by atoms with Gasteiger partial charge in [0.05, 0.1) is 5.56 Å². The van der Waals surface area contributed by atoms with Gasteiger partial charge in [-0.25, -0.2) is 0 Å². The number of nitrogens with zero attached hydrogens (tertiary/aromatic N) is 2. The summed E-state index contributed by atoms with van der Waals surface area (Å²) in [6.45, 7) is 1.86. The molecular formula is C18H18ClN3O2. The van der Waals surface area contributed by atoms with E-state index in [2.05, 4.69) is 15.5 Å². The Bertz CT molecular complexity index is 786. The third kappa shape index (κ3) is 3.42. The maximum atomic E-state index is 6.09. The van der Waals surface area contributed by atoms with E-state index in [1.54, 1.807) is 0 Å². The Morgan fingerprint density at radius 3 is 2.62 bits per heavy atom. The van der Waals surface area contributed by atoms with Crippen LogP contribution in [0.2, 0.25) is 0 Å². The summed E-state index contributed by atoms with van der Waals surface area (Å²) in [7, 11) is 0. The van der Waals surface area contributed by atoms with Crippen LogP contribution in [0.1, 0.15) is 6.42 Å². The van der Waals surface area contributed by atoms with Gasteiger partial charge in [-0.05, 0) is 25.1 Å². The van der Waals surface area contributed by atoms with E-state index in [9.17, 15) is 0 Å². The van der Waals surface area contributed by atoms with Crippen LogP contribution in [0.25, 0.3) is 22.8 Å². The summed E-state index contributed by atoms with van der Waals surface area (Å²) in [6.07, 6.45) is 1.20. The largest absolute Gasteiger partial charge is 0.488 e. The van der Waals surface area contributed by atoms with Crippen molar-refractivity contribution in [1.29, 1.82) is 0 Å². The van der Waals surface area contributed by atoms with Gasteiger partial charge in [0.15, 0.2) is 0 Å². The molecule has 124 valence electrons. The zero-order chi connectivity index (χ0) is 15.5. The summed E-state index contributed by atoms with van der Waals surface area (Å²) < 4.78 is 11.5. The van der Waals surface area contributed by atoms with E-state index in [1.165, 1.54) is 0 Å². The Hall–Kier alpha value is -2.37. The van der Waals surface area contributed by atoms with Gasteiger partial charge in [0, 0.05) is 12.1 Å². The number of ether oxygens (including phenoxy) is 1. The number of nitrogens with one attached hydrogen (secondary N) is 1. The molecule has 1 saturated heterocycles. The molecule has 1 aromatic heterocycles. The molecule has 1 fully saturated rings. The number of hydrogen-bond acceptors (Lipinski definition) is 5. The highest BCUT2D eigenvalue weighted by atomic mass is 35.5. The van der Waals surface area contributed by atoms with Gasteiger partial charge in [0.1, 0.15) is 11.9 Å². The Kier molecular flexibility index (Phi) is 5.13. The van der Waals surface area contributed by atoms with Crippen molar-refractivity contribution in [1.82, 2.24) is 15.5 Å². The molecule has 1 N–H and O–H groups in total. The Balaban J connectivity index is 0.00000169. The first kappa shape index (κ1) is 16.5. The van der Waals surface area contributed by atoms with Crippen LogP contribution in [0.15, 0.2) is 59.1 Å². The lowest BCUT2D eigenvalue weighted by molar-refractivity contribution is 0.223. The average molecular weight is 344 g/mol. The molecule has 1 atom stereocenters. The highest BCUT2D eigenvalue weighted by Gasteiger charge is 2.20. The lowest BCUT2D eigenvalue weighted by Crippen LogP contribution is -2.19. The van der Waals surface area contributed by atoms with Crippen LogP contribution >= 0.6 is 12.4 Å². The summed E-state index contributed by atoms with van der Waals surface area (Å²) in [6, 6.07) is 17.6. The van der Waals surface area contributed by atoms with Crippen molar-refractivity contribution in [2.24, 2.45) is 0 Å². The summed E-state index contributed by atoms with van der Waals surface area (Å²) in [5.74, 6) is 1.84. The SMILES string of the molecule is Cl.c1ccc(-c2noc(-c3ccccc3OC3CCNC3)n2)cc1. The van der Waals surface area contributed by atoms with Crippen molar-refractivity contribution in [3.05, 3.63) is 54.6 Å². The fourth-order valence-electron chi connectivity index (χ4n) is 2.69. The molecule has 1 aliphatic heterocycles. The fraction of sp³-hybridized carbons (Fsp3) is 0.222. The van der Waals surface area contributed by atoms with E-state index in [1.807, 2.05) is 54.6 Å². The third-order valence-corrected chi connectivity index (χ3v) is 3.88. The molecule has 4 rings (SSSR count). The molecule has 0 spiro atoms. The second kappa shape index (κ2) is 7.47. The minimum absolute atomic E-state index is 0. The molecule has 0 radical (unpaired) electrons. The van der Waals surface area contributed by atoms with Crippen molar-refractivity contribution in [2.45, 2.75) is 12.5 Å². The summed E-state index contributed by atoms with van der Waals surface area (Å²) >= 11 is 0. The predicted molar refractivity (Wildman–Crippen MR) is 94.3 cm³/mol. The molecule has 1 unspecified atom stereocenters. The number of para-hydroxylation sites is 1. The summed E-state index contributed by atoms with van der Waals surface area (Å²) in [4.78, 5) is 4.51. The van der Waals surface area contributed by atoms with E-state index in [4.69, 9.17) is 9.26 Å². The molecule has 0 bridgehead atoms. The zero-order valence-corrected chi connectivity index (χ0v) is 13.8. The Morgan fingerprint density at radius 2 is 1.83 bits per heavy atom. The van der Waals surface area contributed by atoms with Crippen molar-refractivity contribution in [3.8, 4) is 28.6 Å². The topological polar surface area (TPSA) is 60.2 Å². The van der Waals surface area contributed by atoms with Gasteiger partial charge >= 0.3 is 0 Å². The molecule has 24 heavy (non-hydrogen) atoms. The van der Waals surface area contributed by atoms with Gasteiger partial charge in [-0.2, -0.15) is 4.98 Å². The minimum Gasteiger partial charge on any atom is -0.488 e. The van der Waals surface area contributed by atoms with Gasteiger partial charge in [0.25, 0.3) is 5.89 Å².